The first-order valence-electron chi connectivity index (χ1n) is 11.3. The predicted molar refractivity (Wildman–Crippen MR) is 133 cm³/mol. The summed E-state index contributed by atoms with van der Waals surface area (Å²) in [7, 11) is -3.55. The fourth-order valence-electron chi connectivity index (χ4n) is 3.98. The first-order valence-corrected chi connectivity index (χ1v) is 13.7. The summed E-state index contributed by atoms with van der Waals surface area (Å²) in [6.45, 7) is 4.90. The molecule has 0 atom stereocenters. The summed E-state index contributed by atoms with van der Waals surface area (Å²) >= 11 is 1.47. The topological polar surface area (TPSA) is 108 Å². The fourth-order valence-corrected chi connectivity index (χ4v) is 6.41. The molecule has 34 heavy (non-hydrogen) atoms. The maximum Gasteiger partial charge on any atom is 0.243 e. The number of aryl methyl sites for hydroxylation is 2. The summed E-state index contributed by atoms with van der Waals surface area (Å²) in [5, 5.41) is 10.8. The second kappa shape index (κ2) is 10.7. The van der Waals surface area contributed by atoms with Crippen LogP contribution in [0.5, 0.6) is 0 Å². The van der Waals surface area contributed by atoms with Gasteiger partial charge in [-0.2, -0.15) is 4.31 Å². The van der Waals surface area contributed by atoms with Crippen LogP contribution in [0.25, 0.3) is 11.4 Å². The van der Waals surface area contributed by atoms with E-state index in [9.17, 15) is 13.2 Å². The van der Waals surface area contributed by atoms with E-state index in [0.29, 0.717) is 48.3 Å². The Bertz CT molecular complexity index is 1240. The lowest BCUT2D eigenvalue weighted by atomic mass is 9.97. The van der Waals surface area contributed by atoms with E-state index in [1.54, 1.807) is 6.07 Å². The number of aromatic nitrogens is 3. The molecule has 1 saturated heterocycles. The predicted octanol–water partition coefficient (Wildman–Crippen LogP) is 3.40. The lowest BCUT2D eigenvalue weighted by Crippen LogP contribution is -2.43. The van der Waals surface area contributed by atoms with Crippen molar-refractivity contribution in [1.29, 1.82) is 0 Å². The number of rotatable bonds is 8. The third-order valence-corrected chi connectivity index (χ3v) is 8.82. The number of nitrogens with zero attached hydrogens (tertiary/aromatic N) is 3. The number of piperidine rings is 1. The van der Waals surface area contributed by atoms with Crippen molar-refractivity contribution in [3.8, 4) is 11.4 Å². The van der Waals surface area contributed by atoms with Gasteiger partial charge in [-0.3, -0.25) is 9.89 Å². The highest BCUT2D eigenvalue weighted by Gasteiger charge is 2.32. The summed E-state index contributed by atoms with van der Waals surface area (Å²) in [5.74, 6) is 1.17. The number of H-pyrrole nitrogens is 1. The average Bonchev–Trinajstić information content (AvgIpc) is 3.33. The van der Waals surface area contributed by atoms with E-state index < -0.39 is 10.0 Å². The maximum absolute atomic E-state index is 13.1. The minimum Gasteiger partial charge on any atom is -0.355 e. The molecule has 180 valence electrons. The van der Waals surface area contributed by atoms with E-state index in [1.807, 2.05) is 56.3 Å². The third-order valence-electron chi connectivity index (χ3n) is 5.93. The third kappa shape index (κ3) is 5.68. The number of carbonyl (C=O) groups is 1. The van der Waals surface area contributed by atoms with Gasteiger partial charge < -0.3 is 5.32 Å². The Morgan fingerprint density at radius 1 is 1.15 bits per heavy atom. The monoisotopic (exact) mass is 499 g/mol. The highest BCUT2D eigenvalue weighted by atomic mass is 32.2. The summed E-state index contributed by atoms with van der Waals surface area (Å²) in [5.41, 5.74) is 2.63. The first kappa shape index (κ1) is 24.4. The lowest BCUT2D eigenvalue weighted by molar-refractivity contribution is -0.125. The minimum absolute atomic E-state index is 0.0238. The number of thioether (sulfide) groups is 1. The SMILES string of the molecule is Cc1ccc(C)c(S(=O)(=O)N2CCC(C(=O)NCCSc3n[nH]c(-c4ccccc4)n3)CC2)c1. The zero-order valence-corrected chi connectivity index (χ0v) is 21.0. The summed E-state index contributed by atoms with van der Waals surface area (Å²) < 4.78 is 27.7. The van der Waals surface area contributed by atoms with Gasteiger partial charge in [0, 0.05) is 36.9 Å². The van der Waals surface area contributed by atoms with Crippen LogP contribution < -0.4 is 5.32 Å². The number of hydrogen-bond donors (Lipinski definition) is 2. The van der Waals surface area contributed by atoms with Gasteiger partial charge in [-0.25, -0.2) is 13.4 Å². The summed E-state index contributed by atoms with van der Waals surface area (Å²) in [4.78, 5) is 17.4. The Kier molecular flexibility index (Phi) is 7.70. The number of amides is 1. The van der Waals surface area contributed by atoms with Gasteiger partial charge in [-0.1, -0.05) is 54.2 Å². The Morgan fingerprint density at radius 3 is 2.62 bits per heavy atom. The van der Waals surface area contributed by atoms with E-state index in [2.05, 4.69) is 20.5 Å². The number of benzene rings is 2. The maximum atomic E-state index is 13.1. The average molecular weight is 500 g/mol. The van der Waals surface area contributed by atoms with Crippen molar-refractivity contribution in [3.63, 3.8) is 0 Å². The number of hydrogen-bond acceptors (Lipinski definition) is 6. The molecular weight excluding hydrogens is 470 g/mol. The smallest absolute Gasteiger partial charge is 0.243 e. The molecule has 2 heterocycles. The van der Waals surface area contributed by atoms with Crippen LogP contribution in [-0.2, 0) is 14.8 Å². The van der Waals surface area contributed by atoms with E-state index in [1.165, 1.54) is 16.1 Å². The molecule has 8 nitrogen and oxygen atoms in total. The van der Waals surface area contributed by atoms with E-state index in [0.717, 1.165) is 22.5 Å². The normalized spacial score (nSPS) is 15.4. The van der Waals surface area contributed by atoms with E-state index in [-0.39, 0.29) is 11.8 Å². The standard InChI is InChI=1S/C24H29N5O3S2/c1-17-8-9-18(2)21(16-17)34(31,32)29-13-10-20(11-14-29)23(30)25-12-15-33-24-26-22(27-28-24)19-6-4-3-5-7-19/h3-9,16,20H,10-15H2,1-2H3,(H,25,30)(H,26,27,28). The second-order valence-electron chi connectivity index (χ2n) is 8.42. The molecule has 0 saturated carbocycles. The number of aromatic amines is 1. The van der Waals surface area contributed by atoms with E-state index in [4.69, 9.17) is 0 Å². The van der Waals surface area contributed by atoms with Crippen LogP contribution in [0.2, 0.25) is 0 Å². The molecule has 2 aromatic carbocycles. The quantitative estimate of drug-likeness (QED) is 0.363. The molecule has 0 bridgehead atoms. The van der Waals surface area contributed by atoms with Gasteiger partial charge >= 0.3 is 0 Å². The molecule has 4 rings (SSSR count). The molecule has 1 aliphatic heterocycles. The van der Waals surface area contributed by atoms with Crippen LogP contribution in [0.3, 0.4) is 0 Å². The van der Waals surface area contributed by atoms with Crippen LogP contribution >= 0.6 is 11.8 Å². The molecular formula is C24H29N5O3S2. The molecule has 2 N–H and O–H groups in total. The molecule has 10 heteroatoms. The van der Waals surface area contributed by atoms with Crippen LogP contribution in [0.4, 0.5) is 0 Å². The van der Waals surface area contributed by atoms with Crippen LogP contribution in [0.1, 0.15) is 24.0 Å². The Morgan fingerprint density at radius 2 is 1.88 bits per heavy atom. The lowest BCUT2D eigenvalue weighted by Gasteiger charge is -2.31. The van der Waals surface area contributed by atoms with Gasteiger partial charge in [-0.05, 0) is 43.9 Å². The first-order chi connectivity index (χ1) is 16.3. The Hall–Kier alpha value is -2.69. The molecule has 0 aliphatic carbocycles. The molecule has 1 amide bonds. The Labute approximate surface area is 204 Å². The van der Waals surface area contributed by atoms with Crippen LogP contribution in [0.15, 0.2) is 58.6 Å². The van der Waals surface area contributed by atoms with Gasteiger partial charge in [0.15, 0.2) is 5.82 Å². The zero-order valence-electron chi connectivity index (χ0n) is 19.3. The molecule has 0 unspecified atom stereocenters. The number of nitrogens with one attached hydrogen (secondary N) is 2. The van der Waals surface area contributed by atoms with Gasteiger partial charge in [0.2, 0.25) is 21.1 Å². The van der Waals surface area contributed by atoms with E-state index >= 15 is 0 Å². The molecule has 1 aromatic heterocycles. The molecule has 0 radical (unpaired) electrons. The van der Waals surface area contributed by atoms with Crippen molar-refractivity contribution in [2.24, 2.45) is 5.92 Å². The molecule has 1 aliphatic rings. The molecule has 0 spiro atoms. The second-order valence-corrected chi connectivity index (χ2v) is 11.4. The number of carbonyl (C=O) groups excluding carboxylic acids is 1. The van der Waals surface area contributed by atoms with Crippen molar-refractivity contribution in [2.45, 2.75) is 36.7 Å². The summed E-state index contributed by atoms with van der Waals surface area (Å²) in [6.07, 6.45) is 1.04. The van der Waals surface area contributed by atoms with Crippen molar-refractivity contribution >= 4 is 27.7 Å². The minimum atomic E-state index is -3.55. The largest absolute Gasteiger partial charge is 0.355 e. The summed E-state index contributed by atoms with van der Waals surface area (Å²) in [6, 6.07) is 15.2. The van der Waals surface area contributed by atoms with Crippen LogP contribution in [-0.4, -0.2) is 59.2 Å². The highest BCUT2D eigenvalue weighted by molar-refractivity contribution is 7.99. The van der Waals surface area contributed by atoms with Gasteiger partial charge in [0.1, 0.15) is 0 Å². The van der Waals surface area contributed by atoms with Gasteiger partial charge in [0.25, 0.3) is 0 Å². The van der Waals surface area contributed by atoms with Crippen molar-refractivity contribution < 1.29 is 13.2 Å². The highest BCUT2D eigenvalue weighted by Crippen LogP contribution is 2.26. The van der Waals surface area contributed by atoms with Crippen molar-refractivity contribution in [1.82, 2.24) is 24.8 Å². The molecule has 1 fully saturated rings. The van der Waals surface area contributed by atoms with Gasteiger partial charge in [-0.15, -0.1) is 5.10 Å². The Balaban J connectivity index is 1.22. The zero-order chi connectivity index (χ0) is 24.1. The van der Waals surface area contributed by atoms with Gasteiger partial charge in [0.05, 0.1) is 4.90 Å². The van der Waals surface area contributed by atoms with Crippen molar-refractivity contribution in [2.75, 3.05) is 25.4 Å². The number of sulfonamides is 1. The fraction of sp³-hybridized carbons (Fsp3) is 0.375. The molecule has 3 aromatic rings. The van der Waals surface area contributed by atoms with Crippen molar-refractivity contribution in [3.05, 3.63) is 59.7 Å². The van der Waals surface area contributed by atoms with Crippen LogP contribution in [0, 0.1) is 19.8 Å².